The molecule has 1 aromatic carbocycles. The van der Waals surface area contributed by atoms with Crippen molar-refractivity contribution in [3.8, 4) is 23.8 Å². The molecule has 1 N–H and O–H groups in total. The second-order valence-corrected chi connectivity index (χ2v) is 6.86. The van der Waals surface area contributed by atoms with Gasteiger partial charge in [0.1, 0.15) is 13.2 Å². The average Bonchev–Trinajstić information content (AvgIpc) is 2.97. The Morgan fingerprint density at radius 2 is 2.10 bits per heavy atom. The second kappa shape index (κ2) is 11.1. The highest BCUT2D eigenvalue weighted by Crippen LogP contribution is 2.34. The van der Waals surface area contributed by atoms with Crippen molar-refractivity contribution in [1.82, 2.24) is 10.2 Å². The summed E-state index contributed by atoms with van der Waals surface area (Å²) in [6.45, 7) is 0.701. The molecule has 0 spiro atoms. The van der Waals surface area contributed by atoms with E-state index < -0.39 is 17.1 Å². The molecule has 9 heteroatoms. The van der Waals surface area contributed by atoms with Crippen molar-refractivity contribution in [2.75, 3.05) is 40.5 Å². The minimum Gasteiger partial charge on any atom is -0.493 e. The predicted molar refractivity (Wildman–Crippen MR) is 110 cm³/mol. The number of thioether (sulfide) groups is 1. The molecular formula is C20H22N2O6S. The molecule has 1 heterocycles. The van der Waals surface area contributed by atoms with E-state index in [1.165, 1.54) is 7.11 Å². The Hall–Kier alpha value is -2.96. The van der Waals surface area contributed by atoms with Crippen LogP contribution < -0.4 is 14.8 Å². The number of terminal acetylenes is 1. The number of ether oxygens (including phenoxy) is 3. The highest BCUT2D eigenvalue weighted by Gasteiger charge is 2.36. The zero-order valence-corrected chi connectivity index (χ0v) is 17.0. The number of amides is 3. The molecule has 0 atom stereocenters. The van der Waals surface area contributed by atoms with Crippen LogP contribution in [0.3, 0.4) is 0 Å². The molecule has 1 aliphatic heterocycles. The molecule has 2 rings (SSSR count). The zero-order chi connectivity index (χ0) is 21.2. The van der Waals surface area contributed by atoms with Gasteiger partial charge in [-0.05, 0) is 42.0 Å². The first-order valence-corrected chi connectivity index (χ1v) is 9.57. The molecule has 0 unspecified atom stereocenters. The Bertz CT molecular complexity index is 846. The summed E-state index contributed by atoms with van der Waals surface area (Å²) in [4.78, 5) is 37.8. The summed E-state index contributed by atoms with van der Waals surface area (Å²) >= 11 is 0.782. The molecule has 1 saturated heterocycles. The van der Waals surface area contributed by atoms with E-state index in [1.54, 1.807) is 31.4 Å². The smallest absolute Gasteiger partial charge is 0.294 e. The molecule has 154 valence electrons. The van der Waals surface area contributed by atoms with Crippen LogP contribution >= 0.6 is 11.8 Å². The van der Waals surface area contributed by atoms with E-state index in [2.05, 4.69) is 11.2 Å². The van der Waals surface area contributed by atoms with Gasteiger partial charge in [-0.3, -0.25) is 19.3 Å². The van der Waals surface area contributed by atoms with Gasteiger partial charge < -0.3 is 19.5 Å². The number of nitrogens with zero attached hydrogens (tertiary/aromatic N) is 1. The molecule has 1 fully saturated rings. The highest BCUT2D eigenvalue weighted by atomic mass is 32.2. The third kappa shape index (κ3) is 6.27. The maximum atomic E-state index is 12.5. The lowest BCUT2D eigenvalue weighted by atomic mass is 10.2. The first-order valence-electron chi connectivity index (χ1n) is 8.75. The van der Waals surface area contributed by atoms with Crippen molar-refractivity contribution in [3.05, 3.63) is 28.7 Å². The quantitative estimate of drug-likeness (QED) is 0.352. The van der Waals surface area contributed by atoms with E-state index in [4.69, 9.17) is 20.6 Å². The lowest BCUT2D eigenvalue weighted by molar-refractivity contribution is -0.129. The van der Waals surface area contributed by atoms with Crippen molar-refractivity contribution >= 4 is 34.9 Å². The number of benzene rings is 1. The fourth-order valence-electron chi connectivity index (χ4n) is 2.44. The molecule has 0 saturated carbocycles. The fraction of sp³-hybridized carbons (Fsp3) is 0.350. The molecule has 1 aromatic rings. The number of hydrogen-bond donors (Lipinski definition) is 1. The van der Waals surface area contributed by atoms with Crippen LogP contribution in [0.25, 0.3) is 6.08 Å². The summed E-state index contributed by atoms with van der Waals surface area (Å²) in [5.74, 6) is 2.38. The topological polar surface area (TPSA) is 94.2 Å². The molecule has 0 radical (unpaired) electrons. The summed E-state index contributed by atoms with van der Waals surface area (Å²) in [7, 11) is 3.06. The van der Waals surface area contributed by atoms with Crippen LogP contribution in [0, 0.1) is 12.3 Å². The van der Waals surface area contributed by atoms with Gasteiger partial charge in [-0.15, -0.1) is 6.42 Å². The van der Waals surface area contributed by atoms with Crippen LogP contribution in [-0.4, -0.2) is 62.5 Å². The predicted octanol–water partition coefficient (Wildman–Crippen LogP) is 1.90. The van der Waals surface area contributed by atoms with Crippen LogP contribution in [0.4, 0.5) is 4.79 Å². The lowest BCUT2D eigenvalue weighted by Crippen LogP contribution is -2.39. The molecule has 29 heavy (non-hydrogen) atoms. The van der Waals surface area contributed by atoms with Gasteiger partial charge in [-0.1, -0.05) is 12.0 Å². The van der Waals surface area contributed by atoms with Gasteiger partial charge in [0.25, 0.3) is 11.1 Å². The minimum atomic E-state index is -0.515. The first kappa shape index (κ1) is 22.3. The minimum absolute atomic E-state index is 0.0993. The number of imide groups is 1. The maximum Gasteiger partial charge on any atom is 0.294 e. The van der Waals surface area contributed by atoms with Gasteiger partial charge in [0.2, 0.25) is 5.91 Å². The van der Waals surface area contributed by atoms with Crippen LogP contribution in [-0.2, 0) is 14.3 Å². The molecular weight excluding hydrogens is 396 g/mol. The van der Waals surface area contributed by atoms with E-state index in [0.717, 1.165) is 16.7 Å². The molecule has 8 nitrogen and oxygen atoms in total. The van der Waals surface area contributed by atoms with Crippen molar-refractivity contribution in [2.24, 2.45) is 0 Å². The van der Waals surface area contributed by atoms with Crippen molar-refractivity contribution in [3.63, 3.8) is 0 Å². The normalized spacial score (nSPS) is 14.8. The Labute approximate surface area is 173 Å². The van der Waals surface area contributed by atoms with Gasteiger partial charge in [0, 0.05) is 20.3 Å². The Morgan fingerprint density at radius 1 is 1.31 bits per heavy atom. The number of carbonyl (C=O) groups excluding carboxylic acids is 3. The monoisotopic (exact) mass is 418 g/mol. The Kier molecular flexibility index (Phi) is 8.58. The van der Waals surface area contributed by atoms with Crippen LogP contribution in [0.2, 0.25) is 0 Å². The molecule has 0 aromatic heterocycles. The second-order valence-electron chi connectivity index (χ2n) is 5.87. The number of carbonyl (C=O) groups is 3. The number of methoxy groups -OCH3 is 2. The van der Waals surface area contributed by atoms with Gasteiger partial charge in [-0.2, -0.15) is 0 Å². The Morgan fingerprint density at radius 3 is 2.79 bits per heavy atom. The number of nitrogens with one attached hydrogen (secondary N) is 1. The zero-order valence-electron chi connectivity index (χ0n) is 16.2. The summed E-state index contributed by atoms with van der Waals surface area (Å²) < 4.78 is 15.5. The SMILES string of the molecule is C#CCOc1ccc(/C=C2\SC(=O)N(CC(=O)NCCCOC)C2=O)cc1OC. The van der Waals surface area contributed by atoms with E-state index in [1.807, 2.05) is 0 Å². The van der Waals surface area contributed by atoms with Crippen LogP contribution in [0.15, 0.2) is 23.1 Å². The third-order valence-electron chi connectivity index (χ3n) is 3.82. The molecule has 0 bridgehead atoms. The average molecular weight is 418 g/mol. The molecule has 1 aliphatic rings. The summed E-state index contributed by atoms with van der Waals surface area (Å²) in [5.41, 5.74) is 0.643. The van der Waals surface area contributed by atoms with E-state index in [-0.39, 0.29) is 18.1 Å². The lowest BCUT2D eigenvalue weighted by Gasteiger charge is -2.12. The largest absolute Gasteiger partial charge is 0.493 e. The van der Waals surface area contributed by atoms with Gasteiger partial charge in [0.05, 0.1) is 12.0 Å². The first-order chi connectivity index (χ1) is 14.0. The third-order valence-corrected chi connectivity index (χ3v) is 4.73. The van der Waals surface area contributed by atoms with E-state index in [9.17, 15) is 14.4 Å². The van der Waals surface area contributed by atoms with E-state index in [0.29, 0.717) is 36.6 Å². The number of hydrogen-bond acceptors (Lipinski definition) is 7. The standard InChI is InChI=1S/C20H22N2O6S/c1-4-9-28-15-7-6-14(11-16(15)27-3)12-17-19(24)22(20(25)29-17)13-18(23)21-8-5-10-26-2/h1,6-7,11-12H,5,8-10,13H2,2-3H3,(H,21,23)/b17-12-. The summed E-state index contributed by atoms with van der Waals surface area (Å²) in [5, 5.41) is 2.16. The van der Waals surface area contributed by atoms with Crippen molar-refractivity contribution in [2.45, 2.75) is 6.42 Å². The molecule has 0 aliphatic carbocycles. The van der Waals surface area contributed by atoms with Crippen LogP contribution in [0.5, 0.6) is 11.5 Å². The number of rotatable bonds is 10. The summed E-state index contributed by atoms with van der Waals surface area (Å²) in [6.07, 6.45) is 7.40. The fourth-order valence-corrected chi connectivity index (χ4v) is 3.28. The van der Waals surface area contributed by atoms with Crippen molar-refractivity contribution in [1.29, 1.82) is 0 Å². The van der Waals surface area contributed by atoms with Gasteiger partial charge in [0.15, 0.2) is 11.5 Å². The highest BCUT2D eigenvalue weighted by molar-refractivity contribution is 8.18. The van der Waals surface area contributed by atoms with Crippen molar-refractivity contribution < 1.29 is 28.6 Å². The maximum absolute atomic E-state index is 12.5. The Balaban J connectivity index is 2.05. The summed E-state index contributed by atoms with van der Waals surface area (Å²) in [6, 6.07) is 5.05. The van der Waals surface area contributed by atoms with Gasteiger partial charge in [-0.25, -0.2) is 0 Å². The van der Waals surface area contributed by atoms with E-state index >= 15 is 0 Å². The van der Waals surface area contributed by atoms with Crippen LogP contribution in [0.1, 0.15) is 12.0 Å². The van der Waals surface area contributed by atoms with Gasteiger partial charge >= 0.3 is 0 Å². The molecule has 3 amide bonds.